The van der Waals surface area contributed by atoms with Gasteiger partial charge in [0.2, 0.25) is 23.5 Å². The van der Waals surface area contributed by atoms with Crippen LogP contribution < -0.4 is 21.3 Å². The number of carbonyl (C=O) groups excluding carboxylic acids is 5. The molecule has 240 valence electrons. The van der Waals surface area contributed by atoms with Crippen LogP contribution in [-0.4, -0.2) is 77.6 Å². The van der Waals surface area contributed by atoms with Crippen molar-refractivity contribution in [3.05, 3.63) is 0 Å². The highest BCUT2D eigenvalue weighted by atomic mass is 16.2. The van der Waals surface area contributed by atoms with Crippen molar-refractivity contribution < 1.29 is 24.0 Å². The second-order valence-electron chi connectivity index (χ2n) is 14.0. The zero-order valence-corrected chi connectivity index (χ0v) is 26.0. The topological polar surface area (TPSA) is 137 Å². The van der Waals surface area contributed by atoms with Gasteiger partial charge in [0, 0.05) is 31.1 Å². The van der Waals surface area contributed by atoms with Crippen molar-refractivity contribution in [2.75, 3.05) is 13.1 Å². The average molecular weight is 600 g/mol. The molecule has 3 saturated carbocycles. The van der Waals surface area contributed by atoms with Crippen LogP contribution in [-0.2, 0) is 24.0 Å². The third kappa shape index (κ3) is 7.97. The summed E-state index contributed by atoms with van der Waals surface area (Å²) in [7, 11) is 0. The minimum absolute atomic E-state index is 0.00997. The summed E-state index contributed by atoms with van der Waals surface area (Å²) in [5, 5.41) is 12.2. The van der Waals surface area contributed by atoms with E-state index >= 15 is 0 Å². The van der Waals surface area contributed by atoms with Crippen molar-refractivity contribution in [3.63, 3.8) is 0 Å². The molecule has 0 aromatic carbocycles. The molecular formula is C33H53N5O5. The summed E-state index contributed by atoms with van der Waals surface area (Å²) in [6.45, 7) is 3.24. The van der Waals surface area contributed by atoms with Crippen LogP contribution in [0.25, 0.3) is 0 Å². The molecule has 0 bridgehead atoms. The lowest BCUT2D eigenvalue weighted by atomic mass is 9.83. The number of rotatable bonds is 12. The molecule has 2 unspecified atom stereocenters. The number of likely N-dealkylation sites (tertiary alicyclic amines) is 1. The first-order valence-corrected chi connectivity index (χ1v) is 17.3. The predicted octanol–water partition coefficient (Wildman–Crippen LogP) is 2.73. The molecule has 43 heavy (non-hydrogen) atoms. The summed E-state index contributed by atoms with van der Waals surface area (Å²) in [6.07, 6.45) is 16.0. The van der Waals surface area contributed by atoms with Crippen LogP contribution in [0.15, 0.2) is 0 Å². The molecule has 0 aromatic rings. The number of hydrogen-bond donors (Lipinski definition) is 4. The van der Waals surface area contributed by atoms with E-state index in [9.17, 15) is 24.0 Å². The summed E-state index contributed by atoms with van der Waals surface area (Å²) in [4.78, 5) is 68.5. The molecule has 10 nitrogen and oxygen atoms in total. The van der Waals surface area contributed by atoms with Crippen LogP contribution >= 0.6 is 0 Å². The van der Waals surface area contributed by atoms with Crippen LogP contribution in [0.3, 0.4) is 0 Å². The molecule has 2 saturated heterocycles. The Morgan fingerprint density at radius 3 is 2.16 bits per heavy atom. The molecule has 2 heterocycles. The van der Waals surface area contributed by atoms with Gasteiger partial charge in [-0.2, -0.15) is 0 Å². The Bertz CT molecular complexity index is 1020. The molecule has 4 N–H and O–H groups in total. The van der Waals surface area contributed by atoms with Crippen LogP contribution in [0.5, 0.6) is 0 Å². The number of amides is 4. The lowest BCUT2D eigenvalue weighted by molar-refractivity contribution is -0.144. The number of ketones is 1. The molecular weight excluding hydrogens is 546 g/mol. The fraction of sp³-hybridized carbons (Fsp3) is 0.848. The van der Waals surface area contributed by atoms with Crippen molar-refractivity contribution in [1.29, 1.82) is 0 Å². The Kier molecular flexibility index (Phi) is 11.1. The quantitative estimate of drug-likeness (QED) is 0.255. The number of nitrogens with zero attached hydrogens (tertiary/aromatic N) is 1. The lowest BCUT2D eigenvalue weighted by Crippen LogP contribution is -2.58. The molecule has 3 aliphatic carbocycles. The Morgan fingerprint density at radius 2 is 1.49 bits per heavy atom. The van der Waals surface area contributed by atoms with Crippen molar-refractivity contribution in [1.82, 2.24) is 26.2 Å². The molecule has 5 aliphatic rings. The molecule has 0 spiro atoms. The van der Waals surface area contributed by atoms with E-state index in [0.717, 1.165) is 51.4 Å². The summed E-state index contributed by atoms with van der Waals surface area (Å²) in [5.41, 5.74) is 0. The predicted molar refractivity (Wildman–Crippen MR) is 163 cm³/mol. The summed E-state index contributed by atoms with van der Waals surface area (Å²) >= 11 is 0. The van der Waals surface area contributed by atoms with Crippen molar-refractivity contribution in [3.8, 4) is 0 Å². The Labute approximate surface area is 256 Å². The SMILES string of the molecule is CC(N[C@H](C(=O)N1CCCC1C(=O)N[C@@H](C[C@@H]1CCNC1=O)C(=O)C(=O)NC1CCCC1)C1CCCC1)C1CCCCC1. The van der Waals surface area contributed by atoms with Gasteiger partial charge in [-0.3, -0.25) is 24.0 Å². The molecule has 0 radical (unpaired) electrons. The van der Waals surface area contributed by atoms with Crippen LogP contribution in [0.1, 0.15) is 116 Å². The first kappa shape index (κ1) is 31.9. The maximum absolute atomic E-state index is 14.2. The highest BCUT2D eigenvalue weighted by molar-refractivity contribution is 6.38. The van der Waals surface area contributed by atoms with E-state index in [0.29, 0.717) is 38.3 Å². The van der Waals surface area contributed by atoms with Crippen LogP contribution in [0.4, 0.5) is 0 Å². The van der Waals surface area contributed by atoms with E-state index in [4.69, 9.17) is 0 Å². The second kappa shape index (κ2) is 15.0. The highest BCUT2D eigenvalue weighted by Crippen LogP contribution is 2.33. The molecule has 5 rings (SSSR count). The minimum atomic E-state index is -1.10. The molecule has 10 heteroatoms. The van der Waals surface area contributed by atoms with E-state index in [2.05, 4.69) is 28.2 Å². The van der Waals surface area contributed by atoms with Gasteiger partial charge in [-0.25, -0.2) is 0 Å². The van der Waals surface area contributed by atoms with Crippen molar-refractivity contribution in [2.24, 2.45) is 17.8 Å². The Morgan fingerprint density at radius 1 is 0.837 bits per heavy atom. The van der Waals surface area contributed by atoms with Crippen molar-refractivity contribution >= 4 is 29.4 Å². The Hall–Kier alpha value is -2.49. The fourth-order valence-corrected chi connectivity index (χ4v) is 8.37. The van der Waals surface area contributed by atoms with Gasteiger partial charge in [-0.05, 0) is 83.0 Å². The molecule has 5 fully saturated rings. The third-order valence-electron chi connectivity index (χ3n) is 11.0. The second-order valence-corrected chi connectivity index (χ2v) is 14.0. The largest absolute Gasteiger partial charge is 0.356 e. The van der Waals surface area contributed by atoms with Gasteiger partial charge in [-0.15, -0.1) is 0 Å². The number of Topliss-reactive ketones (excluding diaryl/α,β-unsaturated/α-hetero) is 1. The van der Waals surface area contributed by atoms with Gasteiger partial charge in [0.1, 0.15) is 6.04 Å². The van der Waals surface area contributed by atoms with Crippen LogP contribution in [0.2, 0.25) is 0 Å². The first-order valence-electron chi connectivity index (χ1n) is 17.3. The zero-order valence-electron chi connectivity index (χ0n) is 26.0. The van der Waals surface area contributed by atoms with E-state index in [1.54, 1.807) is 4.90 Å². The van der Waals surface area contributed by atoms with E-state index < -0.39 is 35.6 Å². The maximum atomic E-state index is 14.2. The van der Waals surface area contributed by atoms with Crippen LogP contribution in [0, 0.1) is 17.8 Å². The lowest BCUT2D eigenvalue weighted by Gasteiger charge is -2.36. The fourth-order valence-electron chi connectivity index (χ4n) is 8.37. The van der Waals surface area contributed by atoms with Gasteiger partial charge in [0.15, 0.2) is 0 Å². The van der Waals surface area contributed by atoms with Gasteiger partial charge in [0.25, 0.3) is 5.91 Å². The van der Waals surface area contributed by atoms with Gasteiger partial charge in [0.05, 0.1) is 12.1 Å². The Balaban J connectivity index is 1.27. The normalized spacial score (nSPS) is 27.6. The molecule has 2 aliphatic heterocycles. The number of nitrogens with one attached hydrogen (secondary N) is 4. The number of carbonyl (C=O) groups is 5. The first-order chi connectivity index (χ1) is 20.8. The molecule has 4 amide bonds. The van der Waals surface area contributed by atoms with Gasteiger partial charge < -0.3 is 26.2 Å². The summed E-state index contributed by atoms with van der Waals surface area (Å²) in [6, 6.07) is -1.89. The van der Waals surface area contributed by atoms with Gasteiger partial charge >= 0.3 is 0 Å². The average Bonchev–Trinajstić information content (AvgIpc) is 3.84. The van der Waals surface area contributed by atoms with Gasteiger partial charge in [-0.1, -0.05) is 44.9 Å². The van der Waals surface area contributed by atoms with Crippen molar-refractivity contribution in [2.45, 2.75) is 146 Å². The monoisotopic (exact) mass is 599 g/mol. The molecule has 5 atom stereocenters. The summed E-state index contributed by atoms with van der Waals surface area (Å²) < 4.78 is 0. The van der Waals surface area contributed by atoms with E-state index in [1.165, 1.54) is 32.1 Å². The van der Waals surface area contributed by atoms with E-state index in [-0.39, 0.29) is 42.3 Å². The zero-order chi connectivity index (χ0) is 30.3. The molecule has 0 aromatic heterocycles. The van der Waals surface area contributed by atoms with E-state index in [1.807, 2.05) is 0 Å². The highest BCUT2D eigenvalue weighted by Gasteiger charge is 2.43. The standard InChI is InChI=1S/C33H53N5O5/c1-21(22-10-3-2-4-11-22)35-28(23-12-5-6-13-23)33(43)38-19-9-16-27(38)31(41)37-26(20-24-17-18-34-30(24)40)29(39)32(42)36-25-14-7-8-15-25/h21-28,35H,2-20H2,1H3,(H,34,40)(H,36,42)(H,37,41)/t21?,24-,26-,27?,28-/m0/s1. The maximum Gasteiger partial charge on any atom is 0.289 e. The minimum Gasteiger partial charge on any atom is -0.356 e. The smallest absolute Gasteiger partial charge is 0.289 e. The third-order valence-corrected chi connectivity index (χ3v) is 11.0. The number of hydrogen-bond acceptors (Lipinski definition) is 6. The summed E-state index contributed by atoms with van der Waals surface area (Å²) in [5.74, 6) is -1.58.